The lowest BCUT2D eigenvalue weighted by molar-refractivity contribution is -0.122. The normalized spacial score (nSPS) is 20.2. The van der Waals surface area contributed by atoms with Crippen LogP contribution in [-0.2, 0) is 28.9 Å². The van der Waals surface area contributed by atoms with Crippen molar-refractivity contribution in [1.82, 2.24) is 20.3 Å². The van der Waals surface area contributed by atoms with Gasteiger partial charge >= 0.3 is 0 Å². The minimum atomic E-state index is -0.0393. The monoisotopic (exact) mass is 346 g/mol. The van der Waals surface area contributed by atoms with Crippen LogP contribution in [0.4, 0.5) is 0 Å². The molecule has 2 atom stereocenters. The predicted molar refractivity (Wildman–Crippen MR) is 92.3 cm³/mol. The van der Waals surface area contributed by atoms with Gasteiger partial charge < -0.3 is 14.6 Å². The van der Waals surface area contributed by atoms with Crippen LogP contribution in [0.3, 0.4) is 0 Å². The van der Waals surface area contributed by atoms with E-state index in [9.17, 15) is 4.79 Å². The van der Waals surface area contributed by atoms with Crippen LogP contribution in [0.5, 0.6) is 0 Å². The number of carbonyl (C=O) groups is 1. The van der Waals surface area contributed by atoms with Crippen LogP contribution in [0, 0.1) is 26.7 Å². The number of nitrogens with one attached hydrogen (secondary N) is 1. The molecule has 1 N–H and O–H groups in total. The molecular formula is C18H26N4O3. The fourth-order valence-electron chi connectivity index (χ4n) is 3.52. The van der Waals surface area contributed by atoms with E-state index in [1.54, 1.807) is 4.68 Å². The van der Waals surface area contributed by atoms with Gasteiger partial charge in [0.15, 0.2) is 0 Å². The molecular weight excluding hydrogens is 320 g/mol. The zero-order valence-corrected chi connectivity index (χ0v) is 15.3. The Balaban J connectivity index is 1.60. The summed E-state index contributed by atoms with van der Waals surface area (Å²) in [5, 5.41) is 11.5. The topological polar surface area (TPSA) is 82.2 Å². The predicted octanol–water partition coefficient (Wildman–Crippen LogP) is 1.73. The van der Waals surface area contributed by atoms with Gasteiger partial charge in [-0.2, -0.15) is 5.10 Å². The van der Waals surface area contributed by atoms with E-state index in [0.717, 1.165) is 29.3 Å². The van der Waals surface area contributed by atoms with Crippen molar-refractivity contribution >= 4 is 5.91 Å². The van der Waals surface area contributed by atoms with Crippen molar-refractivity contribution < 1.29 is 14.1 Å². The number of ether oxygens (including phenoxy) is 1. The molecule has 136 valence electrons. The fraction of sp³-hybridized carbons (Fsp3) is 0.611. The number of hydrogen-bond acceptors (Lipinski definition) is 5. The lowest BCUT2D eigenvalue weighted by atomic mass is 9.98. The maximum absolute atomic E-state index is 12.5. The van der Waals surface area contributed by atoms with E-state index in [-0.39, 0.29) is 24.4 Å². The van der Waals surface area contributed by atoms with Crippen molar-refractivity contribution in [3.05, 3.63) is 34.5 Å². The van der Waals surface area contributed by atoms with Crippen molar-refractivity contribution in [3.8, 4) is 0 Å². The van der Waals surface area contributed by atoms with Gasteiger partial charge in [0.25, 0.3) is 0 Å². The SMILES string of the molecule is CCc1c(C)nn(CC(=O)N[C@@H]2COC[C@@H]2Cc2cc(C)no2)c1C. The Hall–Kier alpha value is -2.15. The van der Waals surface area contributed by atoms with Crippen LogP contribution >= 0.6 is 0 Å². The number of rotatable bonds is 6. The highest BCUT2D eigenvalue weighted by atomic mass is 16.5. The summed E-state index contributed by atoms with van der Waals surface area (Å²) in [6.07, 6.45) is 1.64. The number of hydrogen-bond donors (Lipinski definition) is 1. The van der Waals surface area contributed by atoms with E-state index < -0.39 is 0 Å². The first-order valence-electron chi connectivity index (χ1n) is 8.80. The molecule has 25 heavy (non-hydrogen) atoms. The minimum Gasteiger partial charge on any atom is -0.379 e. The molecule has 1 aliphatic rings. The number of nitrogens with zero attached hydrogens (tertiary/aromatic N) is 3. The average Bonchev–Trinajstić information content (AvgIpc) is 3.22. The Morgan fingerprint density at radius 2 is 2.16 bits per heavy atom. The van der Waals surface area contributed by atoms with Gasteiger partial charge in [-0.3, -0.25) is 9.48 Å². The van der Waals surface area contributed by atoms with E-state index in [2.05, 4.69) is 22.5 Å². The molecule has 0 bridgehead atoms. The van der Waals surface area contributed by atoms with Crippen LogP contribution in [0.2, 0.25) is 0 Å². The Morgan fingerprint density at radius 3 is 2.80 bits per heavy atom. The zero-order valence-electron chi connectivity index (χ0n) is 15.3. The fourth-order valence-corrected chi connectivity index (χ4v) is 3.52. The van der Waals surface area contributed by atoms with Crippen LogP contribution in [0.25, 0.3) is 0 Å². The third kappa shape index (κ3) is 3.92. The molecule has 7 heteroatoms. The molecule has 0 unspecified atom stereocenters. The van der Waals surface area contributed by atoms with Gasteiger partial charge in [0.05, 0.1) is 30.6 Å². The molecule has 2 aromatic rings. The molecule has 0 radical (unpaired) electrons. The van der Waals surface area contributed by atoms with Gasteiger partial charge in [0.1, 0.15) is 12.3 Å². The number of amides is 1. The largest absolute Gasteiger partial charge is 0.379 e. The minimum absolute atomic E-state index is 0.0134. The van der Waals surface area contributed by atoms with Crippen LogP contribution in [0.1, 0.15) is 35.3 Å². The summed E-state index contributed by atoms with van der Waals surface area (Å²) in [5.41, 5.74) is 4.14. The second-order valence-electron chi connectivity index (χ2n) is 6.77. The second kappa shape index (κ2) is 7.39. The zero-order chi connectivity index (χ0) is 18.0. The Kier molecular flexibility index (Phi) is 5.22. The smallest absolute Gasteiger partial charge is 0.242 e. The highest BCUT2D eigenvalue weighted by molar-refractivity contribution is 5.76. The quantitative estimate of drug-likeness (QED) is 0.861. The van der Waals surface area contributed by atoms with Crippen molar-refractivity contribution in [2.45, 2.75) is 53.1 Å². The molecule has 2 aromatic heterocycles. The molecule has 3 heterocycles. The highest BCUT2D eigenvalue weighted by Gasteiger charge is 2.31. The van der Waals surface area contributed by atoms with Gasteiger partial charge in [-0.05, 0) is 32.8 Å². The van der Waals surface area contributed by atoms with Crippen molar-refractivity contribution in [2.24, 2.45) is 5.92 Å². The third-order valence-electron chi connectivity index (χ3n) is 4.86. The van der Waals surface area contributed by atoms with Crippen LogP contribution < -0.4 is 5.32 Å². The Labute approximate surface area is 147 Å². The van der Waals surface area contributed by atoms with Gasteiger partial charge in [-0.1, -0.05) is 12.1 Å². The standard InChI is InChI=1S/C18H26N4O3/c1-5-16-12(3)20-22(13(16)4)8-18(23)19-17-10-24-9-14(17)7-15-6-11(2)21-25-15/h6,14,17H,5,7-10H2,1-4H3,(H,19,23)/t14-,17+/m0/s1. The van der Waals surface area contributed by atoms with Crippen molar-refractivity contribution in [2.75, 3.05) is 13.2 Å². The molecule has 1 amide bonds. The average molecular weight is 346 g/mol. The molecule has 7 nitrogen and oxygen atoms in total. The van der Waals surface area contributed by atoms with Gasteiger partial charge in [-0.25, -0.2) is 0 Å². The summed E-state index contributed by atoms with van der Waals surface area (Å²) in [5.74, 6) is 0.990. The highest BCUT2D eigenvalue weighted by Crippen LogP contribution is 2.20. The summed E-state index contributed by atoms with van der Waals surface area (Å²) in [6, 6.07) is 1.92. The summed E-state index contributed by atoms with van der Waals surface area (Å²) >= 11 is 0. The maximum atomic E-state index is 12.5. The molecule has 3 rings (SSSR count). The van der Waals surface area contributed by atoms with Crippen molar-refractivity contribution in [1.29, 1.82) is 0 Å². The first kappa shape index (κ1) is 17.7. The van der Waals surface area contributed by atoms with Crippen molar-refractivity contribution in [3.63, 3.8) is 0 Å². The number of carbonyl (C=O) groups excluding carboxylic acids is 1. The lowest BCUT2D eigenvalue weighted by Gasteiger charge is -2.18. The van der Waals surface area contributed by atoms with E-state index >= 15 is 0 Å². The maximum Gasteiger partial charge on any atom is 0.242 e. The number of aromatic nitrogens is 3. The van der Waals surface area contributed by atoms with E-state index in [0.29, 0.717) is 19.6 Å². The molecule has 1 aliphatic heterocycles. The molecule has 0 aliphatic carbocycles. The molecule has 0 saturated carbocycles. The molecule has 0 spiro atoms. The Bertz CT molecular complexity index is 750. The van der Waals surface area contributed by atoms with E-state index in [4.69, 9.17) is 9.26 Å². The van der Waals surface area contributed by atoms with Gasteiger partial charge in [0, 0.05) is 24.1 Å². The molecule has 0 aromatic carbocycles. The molecule has 1 saturated heterocycles. The number of aryl methyl sites for hydroxylation is 2. The first-order chi connectivity index (χ1) is 12.0. The Morgan fingerprint density at radius 1 is 1.36 bits per heavy atom. The van der Waals surface area contributed by atoms with Crippen LogP contribution in [-0.4, -0.2) is 40.1 Å². The lowest BCUT2D eigenvalue weighted by Crippen LogP contribution is -2.42. The summed E-state index contributed by atoms with van der Waals surface area (Å²) in [7, 11) is 0. The van der Waals surface area contributed by atoms with Gasteiger partial charge in [0.2, 0.25) is 5.91 Å². The molecule has 1 fully saturated rings. The summed E-state index contributed by atoms with van der Waals surface area (Å²) < 4.78 is 12.6. The van der Waals surface area contributed by atoms with Gasteiger partial charge in [-0.15, -0.1) is 0 Å². The summed E-state index contributed by atoms with van der Waals surface area (Å²) in [6.45, 7) is 9.38. The third-order valence-corrected chi connectivity index (χ3v) is 4.86. The van der Waals surface area contributed by atoms with E-state index in [1.807, 2.05) is 26.8 Å². The van der Waals surface area contributed by atoms with Crippen LogP contribution in [0.15, 0.2) is 10.6 Å². The summed E-state index contributed by atoms with van der Waals surface area (Å²) in [4.78, 5) is 12.5. The second-order valence-corrected chi connectivity index (χ2v) is 6.77. The van der Waals surface area contributed by atoms with E-state index in [1.165, 1.54) is 5.56 Å². The first-order valence-corrected chi connectivity index (χ1v) is 8.80.